The Morgan fingerprint density at radius 2 is 1.85 bits per heavy atom. The summed E-state index contributed by atoms with van der Waals surface area (Å²) < 4.78 is 5.29. The van der Waals surface area contributed by atoms with Crippen LogP contribution in [0, 0.1) is 5.92 Å². The van der Waals surface area contributed by atoms with Gasteiger partial charge in [-0.3, -0.25) is 19.7 Å². The SMILES string of the molecule is CCOC(=O)[C@@]12CC1CCCCCCCCC(=O)N1CCC[C@H]1C(=O)CN2. The molecule has 2 saturated heterocycles. The molecule has 6 nitrogen and oxygen atoms in total. The first kappa shape index (κ1) is 20.3. The van der Waals surface area contributed by atoms with E-state index in [1.165, 1.54) is 6.42 Å². The molecule has 1 aliphatic carbocycles. The number of esters is 1. The molecule has 27 heavy (non-hydrogen) atoms. The first-order valence-corrected chi connectivity index (χ1v) is 10.8. The highest BCUT2D eigenvalue weighted by Crippen LogP contribution is 2.48. The molecule has 0 aromatic carbocycles. The molecule has 3 atom stereocenters. The molecule has 0 bridgehead atoms. The zero-order valence-corrected chi connectivity index (χ0v) is 16.6. The van der Waals surface area contributed by atoms with E-state index in [1.807, 2.05) is 6.92 Å². The zero-order chi connectivity index (χ0) is 19.3. The highest BCUT2D eigenvalue weighted by atomic mass is 16.5. The molecule has 1 saturated carbocycles. The molecule has 152 valence electrons. The summed E-state index contributed by atoms with van der Waals surface area (Å²) in [6, 6.07) is -0.325. The van der Waals surface area contributed by atoms with Gasteiger partial charge < -0.3 is 9.64 Å². The van der Waals surface area contributed by atoms with Gasteiger partial charge in [0.2, 0.25) is 5.91 Å². The number of Topliss-reactive ketones (excluding diaryl/α,β-unsaturated/α-hetero) is 1. The molecular formula is C21H34N2O4. The number of hydrogen-bond acceptors (Lipinski definition) is 5. The van der Waals surface area contributed by atoms with Gasteiger partial charge in [-0.15, -0.1) is 0 Å². The van der Waals surface area contributed by atoms with Gasteiger partial charge in [-0.1, -0.05) is 32.1 Å². The van der Waals surface area contributed by atoms with Gasteiger partial charge in [0, 0.05) is 13.0 Å². The highest BCUT2D eigenvalue weighted by Gasteiger charge is 2.60. The van der Waals surface area contributed by atoms with Crippen molar-refractivity contribution in [3.8, 4) is 0 Å². The van der Waals surface area contributed by atoms with Crippen LogP contribution in [0.3, 0.4) is 0 Å². The predicted octanol–water partition coefficient (Wildman–Crippen LogP) is 2.59. The van der Waals surface area contributed by atoms with E-state index >= 15 is 0 Å². The van der Waals surface area contributed by atoms with Gasteiger partial charge in [-0.25, -0.2) is 0 Å². The normalized spacial score (nSPS) is 33.3. The second kappa shape index (κ2) is 9.18. The Labute approximate surface area is 162 Å². The van der Waals surface area contributed by atoms with E-state index in [9.17, 15) is 14.4 Å². The van der Waals surface area contributed by atoms with E-state index in [4.69, 9.17) is 4.74 Å². The minimum atomic E-state index is -0.684. The maximum absolute atomic E-state index is 12.8. The van der Waals surface area contributed by atoms with E-state index in [1.54, 1.807) is 4.90 Å². The second-order valence-corrected chi connectivity index (χ2v) is 8.32. The molecule has 0 aromatic heterocycles. The van der Waals surface area contributed by atoms with Crippen LogP contribution in [0.25, 0.3) is 0 Å². The van der Waals surface area contributed by atoms with Crippen molar-refractivity contribution in [1.82, 2.24) is 10.2 Å². The molecular weight excluding hydrogens is 344 g/mol. The lowest BCUT2D eigenvalue weighted by Crippen LogP contribution is -2.49. The second-order valence-electron chi connectivity index (χ2n) is 8.32. The third kappa shape index (κ3) is 4.71. The summed E-state index contributed by atoms with van der Waals surface area (Å²) in [4.78, 5) is 39.7. The smallest absolute Gasteiger partial charge is 0.326 e. The molecule has 1 unspecified atom stereocenters. The Morgan fingerprint density at radius 1 is 1.11 bits per heavy atom. The maximum Gasteiger partial charge on any atom is 0.326 e. The quantitative estimate of drug-likeness (QED) is 0.748. The molecule has 2 heterocycles. The van der Waals surface area contributed by atoms with Crippen LogP contribution in [0.15, 0.2) is 0 Å². The van der Waals surface area contributed by atoms with Crippen molar-refractivity contribution >= 4 is 17.7 Å². The van der Waals surface area contributed by atoms with Crippen molar-refractivity contribution in [2.45, 2.75) is 89.1 Å². The van der Waals surface area contributed by atoms with Crippen LogP contribution in [0.4, 0.5) is 0 Å². The molecule has 2 aliphatic heterocycles. The number of carbonyl (C=O) groups is 3. The van der Waals surface area contributed by atoms with Crippen molar-refractivity contribution in [3.05, 3.63) is 0 Å². The fourth-order valence-electron chi connectivity index (χ4n) is 4.76. The summed E-state index contributed by atoms with van der Waals surface area (Å²) in [7, 11) is 0. The lowest BCUT2D eigenvalue weighted by molar-refractivity contribution is -0.147. The number of nitrogens with zero attached hydrogens (tertiary/aromatic N) is 1. The average Bonchev–Trinajstić information content (AvgIpc) is 3.13. The maximum atomic E-state index is 12.8. The van der Waals surface area contributed by atoms with E-state index < -0.39 is 5.54 Å². The summed E-state index contributed by atoms with van der Waals surface area (Å²) in [5.74, 6) is 0.187. The van der Waals surface area contributed by atoms with Gasteiger partial charge in [0.05, 0.1) is 19.2 Å². The molecule has 1 amide bonds. The van der Waals surface area contributed by atoms with Gasteiger partial charge >= 0.3 is 5.97 Å². The molecule has 6 heteroatoms. The zero-order valence-electron chi connectivity index (χ0n) is 16.6. The first-order valence-electron chi connectivity index (χ1n) is 10.8. The number of ketones is 1. The molecule has 3 fully saturated rings. The molecule has 3 rings (SSSR count). The van der Waals surface area contributed by atoms with E-state index in [0.29, 0.717) is 19.6 Å². The molecule has 3 aliphatic rings. The highest BCUT2D eigenvalue weighted by molar-refractivity contribution is 5.92. The number of carbonyl (C=O) groups excluding carboxylic acids is 3. The minimum Gasteiger partial charge on any atom is -0.465 e. The van der Waals surface area contributed by atoms with Crippen LogP contribution in [0.1, 0.15) is 77.6 Å². The Hall–Kier alpha value is -1.43. The van der Waals surface area contributed by atoms with Crippen LogP contribution in [-0.2, 0) is 19.1 Å². The van der Waals surface area contributed by atoms with Crippen LogP contribution in [0.2, 0.25) is 0 Å². The predicted molar refractivity (Wildman–Crippen MR) is 102 cm³/mol. The lowest BCUT2D eigenvalue weighted by atomic mass is 10.0. The van der Waals surface area contributed by atoms with E-state index in [-0.39, 0.29) is 36.2 Å². The summed E-state index contributed by atoms with van der Waals surface area (Å²) in [6.45, 7) is 2.99. The third-order valence-corrected chi connectivity index (χ3v) is 6.46. The van der Waals surface area contributed by atoms with Crippen LogP contribution in [-0.4, -0.2) is 53.8 Å². The van der Waals surface area contributed by atoms with Gasteiger partial charge in [0.1, 0.15) is 5.54 Å². The average molecular weight is 379 g/mol. The van der Waals surface area contributed by atoms with Gasteiger partial charge in [0.25, 0.3) is 0 Å². The topological polar surface area (TPSA) is 75.7 Å². The monoisotopic (exact) mass is 378 g/mol. The number of nitrogens with one attached hydrogen (secondary N) is 1. The summed E-state index contributed by atoms with van der Waals surface area (Å²) >= 11 is 0. The number of fused-ring (bicyclic) bond motifs is 2. The largest absolute Gasteiger partial charge is 0.465 e. The Balaban J connectivity index is 1.68. The Morgan fingerprint density at radius 3 is 2.63 bits per heavy atom. The number of rotatable bonds is 2. The fraction of sp³-hybridized carbons (Fsp3) is 0.857. The lowest BCUT2D eigenvalue weighted by Gasteiger charge is -2.25. The molecule has 0 radical (unpaired) electrons. The van der Waals surface area contributed by atoms with Crippen LogP contribution < -0.4 is 5.32 Å². The third-order valence-electron chi connectivity index (χ3n) is 6.46. The van der Waals surface area contributed by atoms with Crippen molar-refractivity contribution in [2.75, 3.05) is 19.7 Å². The van der Waals surface area contributed by atoms with Crippen molar-refractivity contribution < 1.29 is 19.1 Å². The van der Waals surface area contributed by atoms with Crippen molar-refractivity contribution in [2.24, 2.45) is 5.92 Å². The van der Waals surface area contributed by atoms with E-state index in [0.717, 1.165) is 57.8 Å². The summed E-state index contributed by atoms with van der Waals surface area (Å²) in [6.07, 6.45) is 10.5. The van der Waals surface area contributed by atoms with Gasteiger partial charge in [-0.2, -0.15) is 0 Å². The summed E-state index contributed by atoms with van der Waals surface area (Å²) in [5.41, 5.74) is -0.684. The summed E-state index contributed by atoms with van der Waals surface area (Å²) in [5, 5.41) is 3.25. The molecule has 0 spiro atoms. The molecule has 1 N–H and O–H groups in total. The van der Waals surface area contributed by atoms with Crippen LogP contribution >= 0.6 is 0 Å². The Kier molecular flexibility index (Phi) is 6.90. The Bertz CT molecular complexity index is 564. The number of amides is 1. The van der Waals surface area contributed by atoms with Gasteiger partial charge in [-0.05, 0) is 44.9 Å². The molecule has 0 aromatic rings. The minimum absolute atomic E-state index is 0.0299. The standard InChI is InChI=1S/C21H34N2O4/c1-2-27-20(26)21-14-16(21)10-7-5-3-4-6-8-12-19(25)23-13-9-11-17(23)18(24)15-22-21/h16-17,22H,2-15H2,1H3/t16?,17-,21+/m0/s1. The first-order chi connectivity index (χ1) is 13.1. The fourth-order valence-corrected chi connectivity index (χ4v) is 4.76. The number of hydrogen-bond donors (Lipinski definition) is 1. The van der Waals surface area contributed by atoms with E-state index in [2.05, 4.69) is 5.32 Å². The number of ether oxygens (including phenoxy) is 1. The van der Waals surface area contributed by atoms with Gasteiger partial charge in [0.15, 0.2) is 5.78 Å². The van der Waals surface area contributed by atoms with Crippen molar-refractivity contribution in [1.29, 1.82) is 0 Å². The van der Waals surface area contributed by atoms with Crippen molar-refractivity contribution in [3.63, 3.8) is 0 Å². The van der Waals surface area contributed by atoms with Crippen LogP contribution in [0.5, 0.6) is 0 Å².